The number of benzene rings is 2. The molecular weight excluding hydrogens is 414 g/mol. The van der Waals surface area contributed by atoms with Crippen LogP contribution in [0.3, 0.4) is 0 Å². The van der Waals surface area contributed by atoms with E-state index in [0.717, 1.165) is 22.6 Å². The topological polar surface area (TPSA) is 81.1 Å². The van der Waals surface area contributed by atoms with Crippen molar-refractivity contribution in [3.05, 3.63) is 83.9 Å². The first-order valence-corrected chi connectivity index (χ1v) is 9.89. The molecule has 0 fully saturated rings. The van der Waals surface area contributed by atoms with Gasteiger partial charge in [-0.2, -0.15) is 0 Å². The van der Waals surface area contributed by atoms with Crippen molar-refractivity contribution in [1.29, 1.82) is 0 Å². The second kappa shape index (κ2) is 8.89. The molecule has 0 saturated carbocycles. The van der Waals surface area contributed by atoms with Gasteiger partial charge < -0.3 is 15.4 Å². The van der Waals surface area contributed by atoms with Gasteiger partial charge in [0, 0.05) is 46.7 Å². The molecule has 0 spiro atoms. The number of carbonyl (C=O) groups excluding carboxylic acids is 1. The van der Waals surface area contributed by atoms with Gasteiger partial charge in [0.25, 0.3) is 0 Å². The van der Waals surface area contributed by atoms with Crippen LogP contribution >= 0.6 is 11.6 Å². The van der Waals surface area contributed by atoms with Gasteiger partial charge in [-0.05, 0) is 61.0 Å². The number of hydrogen-bond acceptors (Lipinski definition) is 4. The highest BCUT2D eigenvalue weighted by Gasteiger charge is 2.12. The minimum absolute atomic E-state index is 0.392. The summed E-state index contributed by atoms with van der Waals surface area (Å²) in [4.78, 5) is 21.0. The molecule has 0 unspecified atom stereocenters. The molecule has 0 aliphatic carbocycles. The maximum atomic E-state index is 12.5. The van der Waals surface area contributed by atoms with Crippen molar-refractivity contribution in [2.24, 2.45) is 0 Å². The quantitative estimate of drug-likeness (QED) is 0.432. The molecule has 8 heteroatoms. The zero-order valence-electron chi connectivity index (χ0n) is 17.0. The van der Waals surface area contributed by atoms with Crippen molar-refractivity contribution in [2.45, 2.75) is 6.92 Å². The van der Waals surface area contributed by atoms with Gasteiger partial charge in [0.1, 0.15) is 11.6 Å². The van der Waals surface area contributed by atoms with Crippen molar-refractivity contribution in [2.75, 3.05) is 17.7 Å². The highest BCUT2D eigenvalue weighted by Crippen LogP contribution is 2.28. The summed E-state index contributed by atoms with van der Waals surface area (Å²) in [6.45, 7) is 1.93. The summed E-state index contributed by atoms with van der Waals surface area (Å²) in [7, 11) is 1.53. The summed E-state index contributed by atoms with van der Waals surface area (Å²) in [6, 6.07) is 14.2. The molecule has 4 aromatic rings. The molecule has 2 amide bonds. The van der Waals surface area contributed by atoms with Crippen molar-refractivity contribution < 1.29 is 9.53 Å². The Kier molecular flexibility index (Phi) is 5.86. The molecule has 2 aromatic heterocycles. The Morgan fingerprint density at radius 3 is 2.52 bits per heavy atom. The summed E-state index contributed by atoms with van der Waals surface area (Å²) in [5.74, 6) is 1.34. The van der Waals surface area contributed by atoms with Crippen molar-refractivity contribution in [3.63, 3.8) is 0 Å². The molecule has 0 aliphatic heterocycles. The van der Waals surface area contributed by atoms with Crippen LogP contribution in [0.5, 0.6) is 5.75 Å². The second-order valence-electron chi connectivity index (χ2n) is 6.78. The Hall–Kier alpha value is -3.84. The number of ether oxygens (including phenoxy) is 1. The fraction of sp³-hybridized carbons (Fsp3) is 0.0870. The Balaban J connectivity index is 1.54. The molecule has 0 bridgehead atoms. The molecule has 2 aromatic carbocycles. The first kappa shape index (κ1) is 20.4. The lowest BCUT2D eigenvalue weighted by molar-refractivity contribution is 0.262. The lowest BCUT2D eigenvalue weighted by Gasteiger charge is -2.14. The van der Waals surface area contributed by atoms with Crippen LogP contribution in [-0.2, 0) is 0 Å². The molecule has 4 rings (SSSR count). The third-order valence-electron chi connectivity index (χ3n) is 4.73. The number of aromatic nitrogens is 3. The smallest absolute Gasteiger partial charge is 0.323 e. The van der Waals surface area contributed by atoms with E-state index in [-0.39, 0.29) is 0 Å². The maximum Gasteiger partial charge on any atom is 0.323 e. The van der Waals surface area contributed by atoms with Crippen LogP contribution in [0, 0.1) is 6.92 Å². The average Bonchev–Trinajstić information content (AvgIpc) is 3.26. The Morgan fingerprint density at radius 2 is 1.77 bits per heavy atom. The lowest BCUT2D eigenvalue weighted by Crippen LogP contribution is -2.20. The molecule has 156 valence electrons. The lowest BCUT2D eigenvalue weighted by atomic mass is 10.1. The number of hydrogen-bond donors (Lipinski definition) is 2. The monoisotopic (exact) mass is 433 g/mol. The summed E-state index contributed by atoms with van der Waals surface area (Å²) in [6.07, 6.45) is 7.12. The van der Waals surface area contributed by atoms with E-state index < -0.39 is 6.03 Å². The van der Waals surface area contributed by atoms with E-state index in [2.05, 4.69) is 20.6 Å². The zero-order valence-corrected chi connectivity index (χ0v) is 17.7. The largest absolute Gasteiger partial charge is 0.495 e. The minimum atomic E-state index is -0.392. The van der Waals surface area contributed by atoms with Gasteiger partial charge in [-0.1, -0.05) is 11.6 Å². The first-order chi connectivity index (χ1) is 15.0. The number of urea groups is 1. The molecule has 2 heterocycles. The number of rotatable bonds is 5. The normalized spacial score (nSPS) is 10.5. The van der Waals surface area contributed by atoms with Crippen LogP contribution in [-0.4, -0.2) is 27.7 Å². The Bertz CT molecular complexity index is 1220. The van der Waals surface area contributed by atoms with Gasteiger partial charge in [-0.3, -0.25) is 9.55 Å². The van der Waals surface area contributed by atoms with E-state index in [9.17, 15) is 4.79 Å². The van der Waals surface area contributed by atoms with Crippen LogP contribution in [0.2, 0.25) is 5.02 Å². The number of amides is 2. The molecule has 31 heavy (non-hydrogen) atoms. The maximum absolute atomic E-state index is 12.5. The van der Waals surface area contributed by atoms with Crippen LogP contribution in [0.1, 0.15) is 5.56 Å². The van der Waals surface area contributed by atoms with E-state index in [1.54, 1.807) is 36.8 Å². The minimum Gasteiger partial charge on any atom is -0.495 e. The third-order valence-corrected chi connectivity index (χ3v) is 4.96. The number of carbonyl (C=O) groups is 1. The van der Waals surface area contributed by atoms with Gasteiger partial charge in [0.15, 0.2) is 0 Å². The predicted molar refractivity (Wildman–Crippen MR) is 122 cm³/mol. The second-order valence-corrected chi connectivity index (χ2v) is 7.22. The van der Waals surface area contributed by atoms with Gasteiger partial charge in [-0.15, -0.1) is 0 Å². The highest BCUT2D eigenvalue weighted by molar-refractivity contribution is 6.31. The number of imidazole rings is 1. The number of nitrogens with one attached hydrogen (secondary N) is 2. The predicted octanol–water partition coefficient (Wildman–Crippen LogP) is 5.55. The molecule has 0 aliphatic rings. The van der Waals surface area contributed by atoms with E-state index in [0.29, 0.717) is 22.1 Å². The van der Waals surface area contributed by atoms with Crippen molar-refractivity contribution in [1.82, 2.24) is 14.5 Å². The SMILES string of the molecule is COc1ccc(Cl)cc1NC(=O)Nc1ccc(-n2ccnc2-c2ccncc2)cc1C. The van der Waals surface area contributed by atoms with Crippen molar-refractivity contribution in [3.8, 4) is 22.8 Å². The number of methoxy groups -OCH3 is 1. The molecule has 0 radical (unpaired) electrons. The van der Waals surface area contributed by atoms with E-state index in [4.69, 9.17) is 16.3 Å². The fourth-order valence-corrected chi connectivity index (χ4v) is 3.39. The number of anilines is 2. The molecular formula is C23H20ClN5O2. The molecule has 0 atom stereocenters. The number of halogens is 1. The Labute approximate surface area is 184 Å². The van der Waals surface area contributed by atoms with Crippen LogP contribution in [0.4, 0.5) is 16.2 Å². The molecule has 2 N–H and O–H groups in total. The number of nitrogens with zero attached hydrogens (tertiary/aromatic N) is 3. The zero-order chi connectivity index (χ0) is 21.8. The van der Waals surface area contributed by atoms with Crippen molar-refractivity contribution >= 4 is 29.0 Å². The van der Waals surface area contributed by atoms with Gasteiger partial charge >= 0.3 is 6.03 Å². The van der Waals surface area contributed by atoms with Gasteiger partial charge in [0.2, 0.25) is 0 Å². The highest BCUT2D eigenvalue weighted by atomic mass is 35.5. The number of aryl methyl sites for hydroxylation is 1. The van der Waals surface area contributed by atoms with Crippen LogP contribution in [0.15, 0.2) is 73.3 Å². The fourth-order valence-electron chi connectivity index (χ4n) is 3.22. The number of pyridine rings is 1. The van der Waals surface area contributed by atoms with Crippen LogP contribution in [0.25, 0.3) is 17.1 Å². The average molecular weight is 434 g/mol. The van der Waals surface area contributed by atoms with E-state index >= 15 is 0 Å². The van der Waals surface area contributed by atoms with E-state index in [1.807, 2.05) is 48.0 Å². The molecule has 0 saturated heterocycles. The third kappa shape index (κ3) is 4.51. The Morgan fingerprint density at radius 1 is 1.00 bits per heavy atom. The van der Waals surface area contributed by atoms with E-state index in [1.165, 1.54) is 7.11 Å². The standard InChI is InChI=1S/C23H20ClN5O2/c1-15-13-18(29-12-11-26-22(29)16-7-9-25-10-8-16)4-5-19(15)27-23(30)28-20-14-17(24)3-6-21(20)31-2/h3-14H,1-2H3,(H2,27,28,30). The van der Waals surface area contributed by atoms with Crippen LogP contribution < -0.4 is 15.4 Å². The van der Waals surface area contributed by atoms with Gasteiger partial charge in [-0.25, -0.2) is 9.78 Å². The molecule has 7 nitrogen and oxygen atoms in total. The summed E-state index contributed by atoms with van der Waals surface area (Å²) < 4.78 is 7.26. The summed E-state index contributed by atoms with van der Waals surface area (Å²) in [5.41, 5.74) is 3.98. The summed E-state index contributed by atoms with van der Waals surface area (Å²) >= 11 is 6.03. The summed E-state index contributed by atoms with van der Waals surface area (Å²) in [5, 5.41) is 6.14. The first-order valence-electron chi connectivity index (χ1n) is 9.51. The van der Waals surface area contributed by atoms with Gasteiger partial charge in [0.05, 0.1) is 12.8 Å².